The lowest BCUT2D eigenvalue weighted by atomic mass is 10.1. The highest BCUT2D eigenvalue weighted by molar-refractivity contribution is 4.75. The second kappa shape index (κ2) is 3.75. The van der Waals surface area contributed by atoms with Crippen LogP contribution in [0.15, 0.2) is 0 Å². The van der Waals surface area contributed by atoms with Crippen molar-refractivity contribution in [2.45, 2.75) is 31.8 Å². The monoisotopic (exact) mass is 169 g/mol. The molecule has 0 aromatic rings. The largest absolute Gasteiger partial charge is 0.377 e. The van der Waals surface area contributed by atoms with Crippen LogP contribution in [0.5, 0.6) is 0 Å². The number of nitrogens with zero attached hydrogens (tertiary/aromatic N) is 1. The predicted octanol–water partition coefficient (Wildman–Crippen LogP) is 1.51. The Balaban J connectivity index is 1.64. The third kappa shape index (κ3) is 2.46. The first-order chi connectivity index (χ1) is 5.84. The van der Waals surface area contributed by atoms with Crippen LogP contribution in [-0.4, -0.2) is 37.7 Å². The Bertz CT molecular complexity index is 145. The van der Waals surface area contributed by atoms with Gasteiger partial charge in [-0.15, -0.1) is 0 Å². The van der Waals surface area contributed by atoms with Gasteiger partial charge in [-0.05, 0) is 45.2 Å². The maximum atomic E-state index is 5.84. The van der Waals surface area contributed by atoms with E-state index in [-0.39, 0.29) is 0 Å². The number of hydrogen-bond donors (Lipinski definition) is 0. The average molecular weight is 169 g/mol. The zero-order valence-corrected chi connectivity index (χ0v) is 7.96. The Labute approximate surface area is 74.9 Å². The van der Waals surface area contributed by atoms with Crippen LogP contribution in [0, 0.1) is 5.92 Å². The molecule has 0 bridgehead atoms. The minimum absolute atomic E-state index is 0.532. The number of likely N-dealkylation sites (tertiary alicyclic amines) is 1. The Morgan fingerprint density at radius 3 is 2.83 bits per heavy atom. The summed E-state index contributed by atoms with van der Waals surface area (Å²) in [6.07, 6.45) is 5.93. The molecule has 12 heavy (non-hydrogen) atoms. The molecular weight excluding hydrogens is 150 g/mol. The smallest absolute Gasteiger partial charge is 0.0702 e. The van der Waals surface area contributed by atoms with Gasteiger partial charge in [0.15, 0.2) is 0 Å². The highest BCUT2D eigenvalue weighted by atomic mass is 16.5. The Morgan fingerprint density at radius 2 is 2.17 bits per heavy atom. The van der Waals surface area contributed by atoms with Gasteiger partial charge in [0, 0.05) is 13.2 Å². The van der Waals surface area contributed by atoms with E-state index in [0.717, 1.165) is 19.1 Å². The van der Waals surface area contributed by atoms with E-state index in [9.17, 15) is 0 Å². The van der Waals surface area contributed by atoms with Gasteiger partial charge in [-0.1, -0.05) is 0 Å². The summed E-state index contributed by atoms with van der Waals surface area (Å²) in [6, 6.07) is 0. The van der Waals surface area contributed by atoms with E-state index in [1.807, 2.05) is 0 Å². The number of likely N-dealkylation sites (N-methyl/N-ethyl adjacent to an activating group) is 1. The van der Waals surface area contributed by atoms with Crippen molar-refractivity contribution in [3.05, 3.63) is 0 Å². The summed E-state index contributed by atoms with van der Waals surface area (Å²) in [5.41, 5.74) is 0. The van der Waals surface area contributed by atoms with Crippen LogP contribution in [0.2, 0.25) is 0 Å². The second-order valence-corrected chi connectivity index (χ2v) is 4.30. The van der Waals surface area contributed by atoms with E-state index in [4.69, 9.17) is 4.74 Å². The standard InChI is InChI=1S/C10H19NO/c1-11-6-2-3-10(7-11)12-8-9-4-5-9/h9-10H,2-8H2,1H3. The third-order valence-corrected chi connectivity index (χ3v) is 2.85. The van der Waals surface area contributed by atoms with Crippen LogP contribution in [-0.2, 0) is 4.74 Å². The van der Waals surface area contributed by atoms with E-state index in [1.54, 1.807) is 0 Å². The molecule has 0 aromatic heterocycles. The number of piperidine rings is 1. The van der Waals surface area contributed by atoms with Crippen molar-refractivity contribution in [1.82, 2.24) is 4.90 Å². The molecule has 0 spiro atoms. The van der Waals surface area contributed by atoms with Gasteiger partial charge in [-0.25, -0.2) is 0 Å². The molecular formula is C10H19NO. The minimum atomic E-state index is 0.532. The fourth-order valence-corrected chi connectivity index (χ4v) is 1.81. The number of rotatable bonds is 3. The molecule has 1 aliphatic heterocycles. The molecule has 1 saturated carbocycles. The molecule has 0 aromatic carbocycles. The van der Waals surface area contributed by atoms with Gasteiger partial charge < -0.3 is 9.64 Å². The molecule has 1 saturated heterocycles. The normalized spacial score (nSPS) is 32.2. The molecule has 1 aliphatic carbocycles. The zero-order chi connectivity index (χ0) is 8.39. The van der Waals surface area contributed by atoms with Crippen molar-refractivity contribution in [3.8, 4) is 0 Å². The summed E-state index contributed by atoms with van der Waals surface area (Å²) >= 11 is 0. The lowest BCUT2D eigenvalue weighted by molar-refractivity contribution is 0.00143. The van der Waals surface area contributed by atoms with E-state index < -0.39 is 0 Å². The van der Waals surface area contributed by atoms with Crippen molar-refractivity contribution in [2.24, 2.45) is 5.92 Å². The number of ether oxygens (including phenoxy) is 1. The van der Waals surface area contributed by atoms with Crippen LogP contribution >= 0.6 is 0 Å². The molecule has 2 fully saturated rings. The molecule has 2 nitrogen and oxygen atoms in total. The lowest BCUT2D eigenvalue weighted by Crippen LogP contribution is -2.37. The van der Waals surface area contributed by atoms with E-state index in [1.165, 1.54) is 32.2 Å². The molecule has 70 valence electrons. The summed E-state index contributed by atoms with van der Waals surface area (Å²) in [7, 11) is 2.19. The highest BCUT2D eigenvalue weighted by Gasteiger charge is 2.24. The molecule has 1 unspecified atom stereocenters. The van der Waals surface area contributed by atoms with E-state index in [0.29, 0.717) is 6.10 Å². The SMILES string of the molecule is CN1CCCC(OCC2CC2)C1. The van der Waals surface area contributed by atoms with Crippen molar-refractivity contribution in [1.29, 1.82) is 0 Å². The first-order valence-electron chi connectivity index (χ1n) is 5.15. The first kappa shape index (κ1) is 8.52. The minimum Gasteiger partial charge on any atom is -0.377 e. The van der Waals surface area contributed by atoms with Crippen LogP contribution in [0.25, 0.3) is 0 Å². The summed E-state index contributed by atoms with van der Waals surface area (Å²) in [4.78, 5) is 2.38. The Kier molecular flexibility index (Phi) is 2.66. The molecule has 1 atom stereocenters. The summed E-state index contributed by atoms with van der Waals surface area (Å²) in [5.74, 6) is 0.914. The first-order valence-corrected chi connectivity index (χ1v) is 5.15. The van der Waals surface area contributed by atoms with Gasteiger partial charge in [-0.3, -0.25) is 0 Å². The van der Waals surface area contributed by atoms with Gasteiger partial charge in [-0.2, -0.15) is 0 Å². The fraction of sp³-hybridized carbons (Fsp3) is 1.00. The summed E-state index contributed by atoms with van der Waals surface area (Å²) < 4.78 is 5.84. The quantitative estimate of drug-likeness (QED) is 0.635. The Hall–Kier alpha value is -0.0800. The molecule has 0 radical (unpaired) electrons. The van der Waals surface area contributed by atoms with Crippen LogP contribution in [0.3, 0.4) is 0 Å². The van der Waals surface area contributed by atoms with E-state index in [2.05, 4.69) is 11.9 Å². The van der Waals surface area contributed by atoms with Crippen molar-refractivity contribution >= 4 is 0 Å². The topological polar surface area (TPSA) is 12.5 Å². The molecule has 0 amide bonds. The number of hydrogen-bond acceptors (Lipinski definition) is 2. The highest BCUT2D eigenvalue weighted by Crippen LogP contribution is 2.29. The van der Waals surface area contributed by atoms with E-state index >= 15 is 0 Å². The zero-order valence-electron chi connectivity index (χ0n) is 7.96. The maximum absolute atomic E-state index is 5.84. The van der Waals surface area contributed by atoms with Gasteiger partial charge in [0.05, 0.1) is 6.10 Å². The predicted molar refractivity (Wildman–Crippen MR) is 49.2 cm³/mol. The van der Waals surface area contributed by atoms with Gasteiger partial charge >= 0.3 is 0 Å². The van der Waals surface area contributed by atoms with Gasteiger partial charge in [0.25, 0.3) is 0 Å². The van der Waals surface area contributed by atoms with Crippen LogP contribution < -0.4 is 0 Å². The third-order valence-electron chi connectivity index (χ3n) is 2.85. The summed E-state index contributed by atoms with van der Waals surface area (Å²) in [6.45, 7) is 3.43. The molecule has 2 rings (SSSR count). The summed E-state index contributed by atoms with van der Waals surface area (Å²) in [5, 5.41) is 0. The Morgan fingerprint density at radius 1 is 1.33 bits per heavy atom. The molecule has 2 aliphatic rings. The molecule has 2 heteroatoms. The maximum Gasteiger partial charge on any atom is 0.0702 e. The molecule has 1 heterocycles. The average Bonchev–Trinajstić information content (AvgIpc) is 2.84. The fourth-order valence-electron chi connectivity index (χ4n) is 1.81. The van der Waals surface area contributed by atoms with Gasteiger partial charge in [0.2, 0.25) is 0 Å². The van der Waals surface area contributed by atoms with Gasteiger partial charge in [0.1, 0.15) is 0 Å². The van der Waals surface area contributed by atoms with Crippen molar-refractivity contribution in [2.75, 3.05) is 26.7 Å². The van der Waals surface area contributed by atoms with Crippen LogP contribution in [0.4, 0.5) is 0 Å². The van der Waals surface area contributed by atoms with Crippen molar-refractivity contribution in [3.63, 3.8) is 0 Å². The van der Waals surface area contributed by atoms with Crippen LogP contribution in [0.1, 0.15) is 25.7 Å². The molecule has 0 N–H and O–H groups in total. The lowest BCUT2D eigenvalue weighted by Gasteiger charge is -2.29. The second-order valence-electron chi connectivity index (χ2n) is 4.30. The van der Waals surface area contributed by atoms with Crippen molar-refractivity contribution < 1.29 is 4.74 Å².